The second kappa shape index (κ2) is 6.66. The molecule has 0 aliphatic heterocycles. The first-order valence-corrected chi connectivity index (χ1v) is 6.65. The molecule has 118 valence electrons. The van der Waals surface area contributed by atoms with Gasteiger partial charge in [-0.2, -0.15) is 5.26 Å². The van der Waals surface area contributed by atoms with E-state index in [0.29, 0.717) is 5.75 Å². The summed E-state index contributed by atoms with van der Waals surface area (Å²) in [5.41, 5.74) is 0.881. The summed E-state index contributed by atoms with van der Waals surface area (Å²) < 4.78 is 12.1. The van der Waals surface area contributed by atoms with Gasteiger partial charge in [0, 0.05) is 18.9 Å². The highest BCUT2D eigenvalue weighted by Crippen LogP contribution is 2.38. The van der Waals surface area contributed by atoms with Gasteiger partial charge in [-0.25, -0.2) is 0 Å². The Hall–Kier alpha value is -3.27. The van der Waals surface area contributed by atoms with Crippen LogP contribution >= 0.6 is 0 Å². The van der Waals surface area contributed by atoms with Crippen LogP contribution in [0.2, 0.25) is 0 Å². The fourth-order valence-corrected chi connectivity index (χ4v) is 2.18. The average molecular weight is 313 g/mol. The van der Waals surface area contributed by atoms with Crippen LogP contribution in [0.1, 0.15) is 11.3 Å². The molecular weight excluding hydrogens is 298 g/mol. The number of benzene rings is 1. The number of nitro benzene ring substituents is 1. The van der Waals surface area contributed by atoms with Gasteiger partial charge in [0.2, 0.25) is 0 Å². The molecule has 0 amide bonds. The smallest absolute Gasteiger partial charge is 0.281 e. The summed E-state index contributed by atoms with van der Waals surface area (Å²) in [6, 6.07) is 8.34. The van der Waals surface area contributed by atoms with E-state index < -0.39 is 4.92 Å². The van der Waals surface area contributed by atoms with Crippen molar-refractivity contribution in [2.24, 2.45) is 7.05 Å². The minimum absolute atomic E-state index is 0.166. The summed E-state index contributed by atoms with van der Waals surface area (Å²) >= 11 is 0. The standard InChI is InChI=1S/C16H15N3O4/c1-18-6-4-5-12(18)7-11(10-17)13-8-15(22-2)16(23-3)9-14(13)19(20)21/h4-9H,1-3H3/b11-7-. The Morgan fingerprint density at radius 3 is 2.48 bits per heavy atom. The van der Waals surface area contributed by atoms with Crippen LogP contribution in [0, 0.1) is 21.4 Å². The van der Waals surface area contributed by atoms with Gasteiger partial charge in [-0.1, -0.05) is 0 Å². The molecule has 0 unspecified atom stereocenters. The molecule has 7 nitrogen and oxygen atoms in total. The van der Waals surface area contributed by atoms with Crippen molar-refractivity contribution >= 4 is 17.3 Å². The van der Waals surface area contributed by atoms with Gasteiger partial charge in [0.05, 0.1) is 36.3 Å². The fourth-order valence-electron chi connectivity index (χ4n) is 2.18. The molecule has 0 radical (unpaired) electrons. The lowest BCUT2D eigenvalue weighted by atomic mass is 10.0. The number of aryl methyl sites for hydroxylation is 1. The SMILES string of the molecule is COc1cc(/C(C#N)=C\c2cccn2C)c([N+](=O)[O-])cc1OC. The number of hydrogen-bond donors (Lipinski definition) is 0. The van der Waals surface area contributed by atoms with Crippen molar-refractivity contribution in [2.75, 3.05) is 14.2 Å². The molecule has 0 bridgehead atoms. The van der Waals surface area contributed by atoms with Crippen LogP contribution in [0.5, 0.6) is 11.5 Å². The number of ether oxygens (including phenoxy) is 2. The third-order valence-corrected chi connectivity index (χ3v) is 3.39. The third kappa shape index (κ3) is 3.16. The molecule has 0 atom stereocenters. The van der Waals surface area contributed by atoms with Gasteiger partial charge < -0.3 is 14.0 Å². The van der Waals surface area contributed by atoms with Crippen LogP contribution in [0.4, 0.5) is 5.69 Å². The Balaban J connectivity index is 2.69. The van der Waals surface area contributed by atoms with Crippen LogP contribution in [-0.2, 0) is 7.05 Å². The van der Waals surface area contributed by atoms with E-state index >= 15 is 0 Å². The highest BCUT2D eigenvalue weighted by atomic mass is 16.6. The lowest BCUT2D eigenvalue weighted by Gasteiger charge is -2.10. The third-order valence-electron chi connectivity index (χ3n) is 3.39. The first kappa shape index (κ1) is 16.1. The zero-order chi connectivity index (χ0) is 17.0. The van der Waals surface area contributed by atoms with E-state index in [1.54, 1.807) is 6.08 Å². The molecule has 0 saturated carbocycles. The normalized spacial score (nSPS) is 11.0. The molecule has 1 aromatic carbocycles. The number of nitrogens with zero attached hydrogens (tertiary/aromatic N) is 3. The maximum atomic E-state index is 11.3. The molecule has 7 heteroatoms. The number of rotatable bonds is 5. The zero-order valence-corrected chi connectivity index (χ0v) is 12.9. The minimum Gasteiger partial charge on any atom is -0.493 e. The first-order chi connectivity index (χ1) is 11.0. The van der Waals surface area contributed by atoms with Crippen molar-refractivity contribution in [1.82, 2.24) is 4.57 Å². The van der Waals surface area contributed by atoms with Gasteiger partial charge in [-0.15, -0.1) is 0 Å². The summed E-state index contributed by atoms with van der Waals surface area (Å²) in [5, 5.41) is 20.8. The van der Waals surface area contributed by atoms with Gasteiger partial charge >= 0.3 is 0 Å². The van der Waals surface area contributed by atoms with Crippen LogP contribution in [0.25, 0.3) is 11.6 Å². The molecule has 2 aromatic rings. The van der Waals surface area contributed by atoms with E-state index in [2.05, 4.69) is 0 Å². The van der Waals surface area contributed by atoms with Crippen molar-refractivity contribution in [2.45, 2.75) is 0 Å². The summed E-state index contributed by atoms with van der Waals surface area (Å²) in [5.74, 6) is 0.556. The first-order valence-electron chi connectivity index (χ1n) is 6.65. The van der Waals surface area contributed by atoms with E-state index in [4.69, 9.17) is 9.47 Å². The Kier molecular flexibility index (Phi) is 4.66. The monoisotopic (exact) mass is 313 g/mol. The van der Waals surface area contributed by atoms with Crippen LogP contribution in [-0.4, -0.2) is 23.7 Å². The zero-order valence-electron chi connectivity index (χ0n) is 12.9. The topological polar surface area (TPSA) is 90.3 Å². The van der Waals surface area contributed by atoms with Crippen molar-refractivity contribution in [3.8, 4) is 17.6 Å². The van der Waals surface area contributed by atoms with Crippen LogP contribution in [0.15, 0.2) is 30.5 Å². The van der Waals surface area contributed by atoms with E-state index in [-0.39, 0.29) is 22.6 Å². The van der Waals surface area contributed by atoms with E-state index in [0.717, 1.165) is 5.69 Å². The summed E-state index contributed by atoms with van der Waals surface area (Å²) in [7, 11) is 4.65. The molecule has 1 heterocycles. The largest absolute Gasteiger partial charge is 0.493 e. The number of aromatic nitrogens is 1. The van der Waals surface area contributed by atoms with Crippen molar-refractivity contribution in [1.29, 1.82) is 5.26 Å². The molecule has 0 fully saturated rings. The van der Waals surface area contributed by atoms with Crippen molar-refractivity contribution in [3.63, 3.8) is 0 Å². The number of allylic oxidation sites excluding steroid dienone is 1. The number of nitriles is 1. The number of hydrogen-bond acceptors (Lipinski definition) is 5. The molecule has 0 N–H and O–H groups in total. The summed E-state index contributed by atoms with van der Waals surface area (Å²) in [6.45, 7) is 0. The molecular formula is C16H15N3O4. The highest BCUT2D eigenvalue weighted by Gasteiger charge is 2.22. The fraction of sp³-hybridized carbons (Fsp3) is 0.188. The van der Waals surface area contributed by atoms with Crippen molar-refractivity contribution in [3.05, 3.63) is 51.8 Å². The summed E-state index contributed by atoms with van der Waals surface area (Å²) in [4.78, 5) is 10.8. The molecule has 1 aromatic heterocycles. The highest BCUT2D eigenvalue weighted by molar-refractivity contribution is 5.93. The van der Waals surface area contributed by atoms with Gasteiger partial charge in [0.25, 0.3) is 5.69 Å². The van der Waals surface area contributed by atoms with Gasteiger partial charge in [0.1, 0.15) is 6.07 Å². The Labute approximate surface area is 133 Å². The second-order valence-corrected chi connectivity index (χ2v) is 4.70. The van der Waals surface area contributed by atoms with E-state index in [1.807, 2.05) is 36.0 Å². The second-order valence-electron chi connectivity index (χ2n) is 4.70. The minimum atomic E-state index is -0.548. The quantitative estimate of drug-likeness (QED) is 0.481. The van der Waals surface area contributed by atoms with Gasteiger partial charge in [0.15, 0.2) is 11.5 Å². The Bertz CT molecular complexity index is 815. The number of nitro groups is 1. The molecule has 2 rings (SSSR count). The lowest BCUT2D eigenvalue weighted by molar-refractivity contribution is -0.385. The predicted molar refractivity (Wildman–Crippen MR) is 85.1 cm³/mol. The molecule has 0 aliphatic carbocycles. The van der Waals surface area contributed by atoms with E-state index in [9.17, 15) is 15.4 Å². The van der Waals surface area contributed by atoms with Crippen LogP contribution < -0.4 is 9.47 Å². The van der Waals surface area contributed by atoms with Gasteiger partial charge in [-0.05, 0) is 24.3 Å². The maximum absolute atomic E-state index is 11.3. The van der Waals surface area contributed by atoms with E-state index in [1.165, 1.54) is 26.4 Å². The Morgan fingerprint density at radius 2 is 2.00 bits per heavy atom. The molecule has 0 saturated heterocycles. The van der Waals surface area contributed by atoms with Gasteiger partial charge in [-0.3, -0.25) is 10.1 Å². The van der Waals surface area contributed by atoms with Crippen molar-refractivity contribution < 1.29 is 14.4 Å². The molecule has 23 heavy (non-hydrogen) atoms. The molecule has 0 spiro atoms. The lowest BCUT2D eigenvalue weighted by Crippen LogP contribution is -1.99. The summed E-state index contributed by atoms with van der Waals surface area (Å²) in [6.07, 6.45) is 3.41. The average Bonchev–Trinajstić information content (AvgIpc) is 2.96. The maximum Gasteiger partial charge on any atom is 0.281 e. The number of methoxy groups -OCH3 is 2. The molecule has 0 aliphatic rings. The predicted octanol–water partition coefficient (Wildman–Crippen LogP) is 3.01. The Morgan fingerprint density at radius 1 is 1.35 bits per heavy atom. The van der Waals surface area contributed by atoms with Crippen LogP contribution in [0.3, 0.4) is 0 Å².